The number of hydrogen-bond donors (Lipinski definition) is 1. The number of nitrogens with zero attached hydrogens (tertiary/aromatic N) is 4. The Morgan fingerprint density at radius 3 is 2.65 bits per heavy atom. The van der Waals surface area contributed by atoms with Gasteiger partial charge in [-0.2, -0.15) is 15.0 Å². The van der Waals surface area contributed by atoms with E-state index in [9.17, 15) is 9.59 Å². The molecule has 1 aliphatic rings. The van der Waals surface area contributed by atoms with E-state index in [2.05, 4.69) is 10.2 Å². The molecule has 4 rings (SSSR count). The Hall–Kier alpha value is -3.68. The van der Waals surface area contributed by atoms with Gasteiger partial charge in [-0.3, -0.25) is 9.59 Å². The van der Waals surface area contributed by atoms with Gasteiger partial charge in [0.2, 0.25) is 0 Å². The maximum atomic E-state index is 13.5. The SMILES string of the molecule is COc1ccc(CC(=O)[C@@H]2CCCN2C(=O)c2cc(C)ccc2-n2nccn2)c(N)c1. The Balaban J connectivity index is 1.58. The zero-order chi connectivity index (χ0) is 22.0. The molecule has 3 aromatic rings. The number of rotatable bonds is 6. The summed E-state index contributed by atoms with van der Waals surface area (Å²) in [7, 11) is 1.57. The first-order chi connectivity index (χ1) is 15.0. The summed E-state index contributed by atoms with van der Waals surface area (Å²) in [6.07, 6.45) is 4.72. The van der Waals surface area contributed by atoms with Gasteiger partial charge in [0.1, 0.15) is 5.75 Å². The molecule has 0 bridgehead atoms. The molecule has 2 N–H and O–H groups in total. The zero-order valence-corrected chi connectivity index (χ0v) is 17.6. The predicted octanol–water partition coefficient (Wildman–Crippen LogP) is 2.58. The summed E-state index contributed by atoms with van der Waals surface area (Å²) in [6, 6.07) is 10.4. The lowest BCUT2D eigenvalue weighted by Gasteiger charge is -2.25. The standard InChI is InChI=1S/C23H25N5O3/c1-15-5-8-20(28-25-9-10-26-28)18(12-15)23(30)27-11-3-4-21(27)22(29)13-16-6-7-17(31-2)14-19(16)24/h5-10,12,14,21H,3-4,11,13,24H2,1-2H3/t21-/m0/s1. The van der Waals surface area contributed by atoms with Crippen LogP contribution in [-0.4, -0.2) is 51.3 Å². The van der Waals surface area contributed by atoms with Crippen molar-refractivity contribution < 1.29 is 14.3 Å². The van der Waals surface area contributed by atoms with Gasteiger partial charge >= 0.3 is 0 Å². The van der Waals surface area contributed by atoms with Gasteiger partial charge in [0.05, 0.1) is 36.8 Å². The number of aryl methyl sites for hydroxylation is 1. The largest absolute Gasteiger partial charge is 0.497 e. The highest BCUT2D eigenvalue weighted by Gasteiger charge is 2.35. The fourth-order valence-electron chi connectivity index (χ4n) is 4.00. The topological polar surface area (TPSA) is 103 Å². The molecule has 2 heterocycles. The number of anilines is 1. The van der Waals surface area contributed by atoms with Crippen molar-refractivity contribution in [2.45, 2.75) is 32.2 Å². The van der Waals surface area contributed by atoms with Gasteiger partial charge in [-0.25, -0.2) is 0 Å². The second-order valence-electron chi connectivity index (χ2n) is 7.70. The number of nitrogen functional groups attached to an aromatic ring is 1. The lowest BCUT2D eigenvalue weighted by atomic mass is 10.00. The summed E-state index contributed by atoms with van der Waals surface area (Å²) in [4.78, 5) is 29.7. The minimum Gasteiger partial charge on any atom is -0.497 e. The van der Waals surface area contributed by atoms with Crippen molar-refractivity contribution in [2.75, 3.05) is 19.4 Å². The first-order valence-electron chi connectivity index (χ1n) is 10.2. The molecule has 1 aliphatic heterocycles. The van der Waals surface area contributed by atoms with Gasteiger partial charge in [0.15, 0.2) is 5.78 Å². The number of carbonyl (C=O) groups excluding carboxylic acids is 2. The van der Waals surface area contributed by atoms with Crippen LogP contribution in [0.15, 0.2) is 48.8 Å². The quantitative estimate of drug-likeness (QED) is 0.616. The van der Waals surface area contributed by atoms with E-state index in [0.717, 1.165) is 17.5 Å². The lowest BCUT2D eigenvalue weighted by molar-refractivity contribution is -0.122. The van der Waals surface area contributed by atoms with E-state index >= 15 is 0 Å². The summed E-state index contributed by atoms with van der Waals surface area (Å²) < 4.78 is 5.17. The highest BCUT2D eigenvalue weighted by molar-refractivity contribution is 6.01. The summed E-state index contributed by atoms with van der Waals surface area (Å²) in [5.41, 5.74) is 9.37. The minimum atomic E-state index is -0.479. The van der Waals surface area contributed by atoms with Crippen molar-refractivity contribution in [3.63, 3.8) is 0 Å². The Bertz CT molecular complexity index is 1110. The molecule has 1 atom stereocenters. The Labute approximate surface area is 180 Å². The predicted molar refractivity (Wildman–Crippen MR) is 116 cm³/mol. The zero-order valence-electron chi connectivity index (χ0n) is 17.6. The number of ether oxygens (including phenoxy) is 1. The fourth-order valence-corrected chi connectivity index (χ4v) is 4.00. The van der Waals surface area contributed by atoms with Crippen LogP contribution in [-0.2, 0) is 11.2 Å². The van der Waals surface area contributed by atoms with Crippen molar-refractivity contribution in [1.82, 2.24) is 19.9 Å². The molecular weight excluding hydrogens is 394 g/mol. The van der Waals surface area contributed by atoms with Crippen LogP contribution >= 0.6 is 0 Å². The average Bonchev–Trinajstić information content (AvgIpc) is 3.47. The second kappa shape index (κ2) is 8.59. The molecule has 8 nitrogen and oxygen atoms in total. The number of methoxy groups -OCH3 is 1. The molecule has 1 fully saturated rings. The summed E-state index contributed by atoms with van der Waals surface area (Å²) in [5, 5.41) is 8.33. The number of amides is 1. The van der Waals surface area contributed by atoms with Crippen LogP contribution in [0.4, 0.5) is 5.69 Å². The second-order valence-corrected chi connectivity index (χ2v) is 7.70. The van der Waals surface area contributed by atoms with Gasteiger partial charge in [-0.15, -0.1) is 0 Å². The van der Waals surface area contributed by atoms with E-state index in [1.165, 1.54) is 4.80 Å². The van der Waals surface area contributed by atoms with Crippen molar-refractivity contribution >= 4 is 17.4 Å². The van der Waals surface area contributed by atoms with E-state index in [1.54, 1.807) is 42.6 Å². The van der Waals surface area contributed by atoms with E-state index in [1.807, 2.05) is 25.1 Å². The summed E-state index contributed by atoms with van der Waals surface area (Å²) in [5.74, 6) is 0.439. The number of carbonyl (C=O) groups is 2. The molecule has 0 saturated carbocycles. The first-order valence-corrected chi connectivity index (χ1v) is 10.2. The molecule has 8 heteroatoms. The maximum absolute atomic E-state index is 13.5. The van der Waals surface area contributed by atoms with Crippen LogP contribution in [0.1, 0.15) is 34.3 Å². The van der Waals surface area contributed by atoms with Crippen molar-refractivity contribution in [3.8, 4) is 11.4 Å². The Morgan fingerprint density at radius 2 is 1.94 bits per heavy atom. The number of benzene rings is 2. The van der Waals surface area contributed by atoms with Gasteiger partial charge in [-0.05, 0) is 43.5 Å². The number of likely N-dealkylation sites (tertiary alicyclic amines) is 1. The smallest absolute Gasteiger partial charge is 0.256 e. The Morgan fingerprint density at radius 1 is 1.16 bits per heavy atom. The third kappa shape index (κ3) is 4.14. The van der Waals surface area contributed by atoms with E-state index in [-0.39, 0.29) is 18.1 Å². The van der Waals surface area contributed by atoms with Crippen LogP contribution < -0.4 is 10.5 Å². The summed E-state index contributed by atoms with van der Waals surface area (Å²) >= 11 is 0. The van der Waals surface area contributed by atoms with Gasteiger partial charge in [0.25, 0.3) is 5.91 Å². The third-order valence-electron chi connectivity index (χ3n) is 5.62. The molecule has 160 valence electrons. The molecule has 2 aromatic carbocycles. The molecular formula is C23H25N5O3. The van der Waals surface area contributed by atoms with Crippen LogP contribution in [0.5, 0.6) is 5.75 Å². The van der Waals surface area contributed by atoms with Crippen molar-refractivity contribution in [3.05, 3.63) is 65.5 Å². The van der Waals surface area contributed by atoms with Crippen LogP contribution in [0.2, 0.25) is 0 Å². The molecule has 0 spiro atoms. The molecule has 1 saturated heterocycles. The monoisotopic (exact) mass is 419 g/mol. The molecule has 0 radical (unpaired) electrons. The molecule has 0 aliphatic carbocycles. The van der Waals surface area contributed by atoms with Crippen molar-refractivity contribution in [2.24, 2.45) is 0 Å². The van der Waals surface area contributed by atoms with E-state index in [0.29, 0.717) is 35.7 Å². The molecule has 31 heavy (non-hydrogen) atoms. The lowest BCUT2D eigenvalue weighted by Crippen LogP contribution is -2.41. The van der Waals surface area contributed by atoms with Crippen LogP contribution in [0.25, 0.3) is 5.69 Å². The third-order valence-corrected chi connectivity index (χ3v) is 5.62. The number of aromatic nitrogens is 3. The highest BCUT2D eigenvalue weighted by Crippen LogP contribution is 2.27. The van der Waals surface area contributed by atoms with Gasteiger partial charge in [0, 0.05) is 24.7 Å². The van der Waals surface area contributed by atoms with Crippen molar-refractivity contribution in [1.29, 1.82) is 0 Å². The van der Waals surface area contributed by atoms with Crippen LogP contribution in [0.3, 0.4) is 0 Å². The molecule has 1 aromatic heterocycles. The van der Waals surface area contributed by atoms with E-state index in [4.69, 9.17) is 10.5 Å². The molecule has 0 unspecified atom stereocenters. The Kier molecular flexibility index (Phi) is 5.70. The number of ketones is 1. The maximum Gasteiger partial charge on any atom is 0.256 e. The van der Waals surface area contributed by atoms with Crippen LogP contribution in [0, 0.1) is 6.92 Å². The normalized spacial score (nSPS) is 15.8. The van der Waals surface area contributed by atoms with Gasteiger partial charge < -0.3 is 15.4 Å². The number of Topliss-reactive ketones (excluding diaryl/α,β-unsaturated/α-hetero) is 1. The summed E-state index contributed by atoms with van der Waals surface area (Å²) in [6.45, 7) is 2.46. The fraction of sp³-hybridized carbons (Fsp3) is 0.304. The number of hydrogen-bond acceptors (Lipinski definition) is 6. The number of nitrogens with two attached hydrogens (primary N) is 1. The first kappa shape index (κ1) is 20.6. The average molecular weight is 419 g/mol. The highest BCUT2D eigenvalue weighted by atomic mass is 16.5. The minimum absolute atomic E-state index is 0.0193. The molecule has 1 amide bonds. The van der Waals surface area contributed by atoms with Gasteiger partial charge in [-0.1, -0.05) is 17.7 Å². The van der Waals surface area contributed by atoms with E-state index < -0.39 is 6.04 Å².